The first-order valence-electron chi connectivity index (χ1n) is 17.9. The third-order valence-corrected chi connectivity index (χ3v) is 10.9. The van der Waals surface area contributed by atoms with Crippen molar-refractivity contribution in [2.45, 2.75) is 26.2 Å². The topological polar surface area (TPSA) is 34.0 Å². The average Bonchev–Trinajstić information content (AvgIpc) is 3.68. The van der Waals surface area contributed by atoms with Crippen LogP contribution in [0, 0.1) is 6.92 Å². The van der Waals surface area contributed by atoms with Crippen molar-refractivity contribution in [1.82, 2.24) is 14.5 Å². The number of fused-ring (bicyclic) bond motifs is 6. The summed E-state index contributed by atoms with van der Waals surface area (Å²) in [5.41, 5.74) is 14.1. The van der Waals surface area contributed by atoms with Gasteiger partial charge in [-0.1, -0.05) is 105 Å². The predicted molar refractivity (Wildman–Crippen MR) is 216 cm³/mol. The summed E-state index contributed by atoms with van der Waals surface area (Å²) in [5, 5.41) is 4.69. The first kappa shape index (κ1) is 30.3. The highest BCUT2D eigenvalue weighted by molar-refractivity contribution is 6.15. The van der Waals surface area contributed by atoms with Gasteiger partial charge in [-0.15, -0.1) is 0 Å². The van der Waals surface area contributed by atoms with Crippen molar-refractivity contribution in [1.29, 1.82) is 0 Å². The highest BCUT2D eigenvalue weighted by Crippen LogP contribution is 2.52. The van der Waals surface area contributed by atoms with Crippen LogP contribution in [-0.2, 0) is 5.41 Å². The van der Waals surface area contributed by atoms with Crippen molar-refractivity contribution in [2.24, 2.45) is 0 Å². The number of hydrogen-bond acceptors (Lipinski definition) is 3. The van der Waals surface area contributed by atoms with Gasteiger partial charge in [0, 0.05) is 51.2 Å². The normalized spacial score (nSPS) is 13.1. The SMILES string of the molecule is Cc1cccc2c1C(C)(C)c1ccc(N(c3ccncc3)c3c4ccccc4cc4ccc(-c5nc6ccccc6n5-c5ccccc5)cc34)cc1-2. The molecule has 52 heavy (non-hydrogen) atoms. The summed E-state index contributed by atoms with van der Waals surface area (Å²) in [6, 6.07) is 54.8. The first-order valence-corrected chi connectivity index (χ1v) is 17.9. The fourth-order valence-corrected chi connectivity index (χ4v) is 8.67. The van der Waals surface area contributed by atoms with Gasteiger partial charge in [0.05, 0.1) is 16.7 Å². The van der Waals surface area contributed by atoms with Crippen LogP contribution in [-0.4, -0.2) is 14.5 Å². The minimum absolute atomic E-state index is 0.0821. The molecule has 0 saturated carbocycles. The molecule has 248 valence electrons. The van der Waals surface area contributed by atoms with Gasteiger partial charge in [0.15, 0.2) is 0 Å². The van der Waals surface area contributed by atoms with Gasteiger partial charge in [0.25, 0.3) is 0 Å². The molecule has 0 N–H and O–H groups in total. The van der Waals surface area contributed by atoms with Crippen LogP contribution < -0.4 is 4.90 Å². The van der Waals surface area contributed by atoms with Gasteiger partial charge in [0.2, 0.25) is 0 Å². The molecule has 1 aliphatic rings. The highest BCUT2D eigenvalue weighted by atomic mass is 15.1. The Morgan fingerprint density at radius 3 is 2.23 bits per heavy atom. The summed E-state index contributed by atoms with van der Waals surface area (Å²) >= 11 is 0. The molecule has 0 unspecified atom stereocenters. The monoisotopic (exact) mass is 668 g/mol. The summed E-state index contributed by atoms with van der Waals surface area (Å²) in [5.74, 6) is 0.913. The maximum Gasteiger partial charge on any atom is 0.145 e. The van der Waals surface area contributed by atoms with Gasteiger partial charge in [-0.05, 0) is 106 Å². The van der Waals surface area contributed by atoms with Crippen LogP contribution in [0.25, 0.3) is 60.8 Å². The van der Waals surface area contributed by atoms with Gasteiger partial charge in [0.1, 0.15) is 5.82 Å². The van der Waals surface area contributed by atoms with Gasteiger partial charge < -0.3 is 4.90 Å². The van der Waals surface area contributed by atoms with Gasteiger partial charge in [-0.25, -0.2) is 4.98 Å². The third kappa shape index (κ3) is 4.54. The molecule has 1 aliphatic carbocycles. The zero-order valence-electron chi connectivity index (χ0n) is 29.4. The van der Waals surface area contributed by atoms with Crippen LogP contribution in [0.1, 0.15) is 30.5 Å². The number of hydrogen-bond donors (Lipinski definition) is 0. The second kappa shape index (κ2) is 11.5. The molecule has 0 amide bonds. The zero-order valence-corrected chi connectivity index (χ0v) is 29.4. The van der Waals surface area contributed by atoms with Crippen LogP contribution in [0.3, 0.4) is 0 Å². The van der Waals surface area contributed by atoms with Crippen molar-refractivity contribution >= 4 is 49.6 Å². The van der Waals surface area contributed by atoms with Crippen LogP contribution in [0.2, 0.25) is 0 Å². The molecule has 9 aromatic rings. The van der Waals surface area contributed by atoms with E-state index in [1.54, 1.807) is 0 Å². The lowest BCUT2D eigenvalue weighted by Gasteiger charge is -2.29. The standard InChI is InChI=1S/C48H36N4/c1-31-12-11-17-39-41-30-37(22-23-42(41)48(2,3)45(31)39)51(36-24-26-49-27-25-36)46-38-16-8-7-13-32(38)28-33-20-21-34(29-40(33)46)47-50-43-18-9-10-19-44(43)52(47)35-14-5-4-6-15-35/h4-30H,1-3H3. The molecule has 0 fully saturated rings. The fourth-order valence-electron chi connectivity index (χ4n) is 8.67. The van der Waals surface area contributed by atoms with E-state index < -0.39 is 0 Å². The molecule has 0 bridgehead atoms. The third-order valence-electron chi connectivity index (χ3n) is 10.9. The molecule has 4 heteroatoms. The van der Waals surface area contributed by atoms with E-state index in [-0.39, 0.29) is 5.41 Å². The molecule has 0 saturated heterocycles. The molecular formula is C48H36N4. The number of benzene rings is 7. The summed E-state index contributed by atoms with van der Waals surface area (Å²) in [6.45, 7) is 6.95. The Balaban J connectivity index is 1.27. The highest BCUT2D eigenvalue weighted by Gasteiger charge is 2.37. The zero-order chi connectivity index (χ0) is 35.0. The molecule has 0 radical (unpaired) electrons. The van der Waals surface area contributed by atoms with E-state index >= 15 is 0 Å². The Labute approximate surface area is 303 Å². The van der Waals surface area contributed by atoms with Gasteiger partial charge >= 0.3 is 0 Å². The van der Waals surface area contributed by atoms with E-state index in [9.17, 15) is 0 Å². The lowest BCUT2D eigenvalue weighted by atomic mass is 9.80. The summed E-state index contributed by atoms with van der Waals surface area (Å²) in [4.78, 5) is 12.1. The molecule has 2 heterocycles. The van der Waals surface area contributed by atoms with Crippen LogP contribution >= 0.6 is 0 Å². The Bertz CT molecular complexity index is 2830. The van der Waals surface area contributed by atoms with E-state index in [0.717, 1.165) is 50.6 Å². The summed E-state index contributed by atoms with van der Waals surface area (Å²) in [7, 11) is 0. The van der Waals surface area contributed by atoms with Gasteiger partial charge in [-0.2, -0.15) is 0 Å². The van der Waals surface area contributed by atoms with Crippen LogP contribution in [0.5, 0.6) is 0 Å². The van der Waals surface area contributed by atoms with Crippen LogP contribution in [0.4, 0.5) is 17.1 Å². The second-order valence-corrected chi connectivity index (χ2v) is 14.4. The molecule has 0 spiro atoms. The number of pyridine rings is 1. The maximum absolute atomic E-state index is 5.24. The molecule has 2 aromatic heterocycles. The van der Waals surface area contributed by atoms with E-state index in [1.165, 1.54) is 44.0 Å². The first-order chi connectivity index (χ1) is 25.5. The number of aromatic nitrogens is 3. The minimum Gasteiger partial charge on any atom is -0.309 e. The van der Waals surface area contributed by atoms with Crippen molar-refractivity contribution < 1.29 is 0 Å². The Morgan fingerprint density at radius 1 is 0.596 bits per heavy atom. The molecule has 4 nitrogen and oxygen atoms in total. The number of rotatable bonds is 5. The Morgan fingerprint density at radius 2 is 1.37 bits per heavy atom. The largest absolute Gasteiger partial charge is 0.309 e. The lowest BCUT2D eigenvalue weighted by molar-refractivity contribution is 0.655. The van der Waals surface area contributed by atoms with Crippen LogP contribution in [0.15, 0.2) is 164 Å². The quantitative estimate of drug-likeness (QED) is 0.171. The van der Waals surface area contributed by atoms with E-state index in [0.29, 0.717) is 0 Å². The predicted octanol–water partition coefficient (Wildman–Crippen LogP) is 12.5. The van der Waals surface area contributed by atoms with E-state index in [4.69, 9.17) is 4.98 Å². The average molecular weight is 669 g/mol. The number of para-hydroxylation sites is 3. The van der Waals surface area contributed by atoms with E-state index in [1.807, 2.05) is 12.4 Å². The maximum atomic E-state index is 5.24. The Kier molecular flexibility index (Phi) is 6.71. The lowest BCUT2D eigenvalue weighted by Crippen LogP contribution is -2.17. The molecule has 0 atom stereocenters. The summed E-state index contributed by atoms with van der Waals surface area (Å²) in [6.07, 6.45) is 3.77. The van der Waals surface area contributed by atoms with E-state index in [2.05, 4.69) is 187 Å². The molecule has 7 aromatic carbocycles. The van der Waals surface area contributed by atoms with Crippen molar-refractivity contribution in [3.63, 3.8) is 0 Å². The van der Waals surface area contributed by atoms with Crippen molar-refractivity contribution in [3.05, 3.63) is 181 Å². The van der Waals surface area contributed by atoms with Crippen molar-refractivity contribution in [2.75, 3.05) is 4.90 Å². The van der Waals surface area contributed by atoms with Gasteiger partial charge in [-0.3, -0.25) is 9.55 Å². The second-order valence-electron chi connectivity index (χ2n) is 14.4. The van der Waals surface area contributed by atoms with Crippen molar-refractivity contribution in [3.8, 4) is 28.2 Å². The molecule has 10 rings (SSSR count). The number of aryl methyl sites for hydroxylation is 1. The molecular weight excluding hydrogens is 633 g/mol. The summed E-state index contributed by atoms with van der Waals surface area (Å²) < 4.78 is 2.28. The number of imidazole rings is 1. The number of nitrogens with zero attached hydrogens (tertiary/aromatic N) is 4. The fraction of sp³-hybridized carbons (Fsp3) is 0.0833. The minimum atomic E-state index is -0.0821. The molecule has 0 aliphatic heterocycles. The smallest absolute Gasteiger partial charge is 0.145 e. The Hall–Kier alpha value is -6.52. The number of anilines is 3.